The summed E-state index contributed by atoms with van der Waals surface area (Å²) < 4.78 is 0. The van der Waals surface area contributed by atoms with Gasteiger partial charge in [0.15, 0.2) is 0 Å². The molecule has 0 bridgehead atoms. The number of carbonyl (C=O) groups is 1. The van der Waals surface area contributed by atoms with Crippen molar-refractivity contribution in [3.63, 3.8) is 0 Å². The Morgan fingerprint density at radius 2 is 2.20 bits per heavy atom. The second-order valence-corrected chi connectivity index (χ2v) is 5.23. The number of nitro groups is 1. The van der Waals surface area contributed by atoms with Crippen molar-refractivity contribution >= 4 is 28.7 Å². The van der Waals surface area contributed by atoms with Crippen molar-refractivity contribution in [1.82, 2.24) is 0 Å². The zero-order chi connectivity index (χ0) is 14.7. The predicted molar refractivity (Wildman–Crippen MR) is 76.5 cm³/mol. The third-order valence-corrected chi connectivity index (χ3v) is 3.68. The van der Waals surface area contributed by atoms with Gasteiger partial charge < -0.3 is 10.0 Å². The summed E-state index contributed by atoms with van der Waals surface area (Å²) >= 11 is 1.60. The van der Waals surface area contributed by atoms with E-state index in [2.05, 4.69) is 0 Å². The zero-order valence-electron chi connectivity index (χ0n) is 10.6. The van der Waals surface area contributed by atoms with Crippen LogP contribution in [-0.4, -0.2) is 23.0 Å². The van der Waals surface area contributed by atoms with E-state index in [-0.39, 0.29) is 5.56 Å². The monoisotopic (exact) mass is 292 g/mol. The molecule has 0 unspecified atom stereocenters. The first kappa shape index (κ1) is 14.0. The summed E-state index contributed by atoms with van der Waals surface area (Å²) in [7, 11) is 1.81. The Morgan fingerprint density at radius 1 is 1.45 bits per heavy atom. The van der Waals surface area contributed by atoms with E-state index in [1.165, 1.54) is 12.1 Å². The standard InChI is InChI=1S/C13H12N2O4S/c1-14(8-10-3-2-6-20-10)9-4-5-12(15(18)19)11(7-9)13(16)17/h2-7H,8H2,1H3,(H,16,17). The molecule has 1 aromatic carbocycles. The highest BCUT2D eigenvalue weighted by atomic mass is 32.1. The number of anilines is 1. The van der Waals surface area contributed by atoms with Gasteiger partial charge in [0.1, 0.15) is 5.56 Å². The van der Waals surface area contributed by atoms with Gasteiger partial charge in [-0.2, -0.15) is 0 Å². The molecule has 0 aliphatic rings. The van der Waals surface area contributed by atoms with E-state index in [0.717, 1.165) is 4.88 Å². The predicted octanol–water partition coefficient (Wildman–Crippen LogP) is 2.99. The normalized spacial score (nSPS) is 10.2. The van der Waals surface area contributed by atoms with Gasteiger partial charge in [-0.15, -0.1) is 11.3 Å². The number of rotatable bonds is 5. The van der Waals surface area contributed by atoms with Gasteiger partial charge in [0.25, 0.3) is 5.69 Å². The first-order chi connectivity index (χ1) is 9.49. The van der Waals surface area contributed by atoms with Crippen LogP contribution in [0.1, 0.15) is 15.2 Å². The minimum Gasteiger partial charge on any atom is -0.477 e. The van der Waals surface area contributed by atoms with Crippen LogP contribution in [0.15, 0.2) is 35.7 Å². The lowest BCUT2D eigenvalue weighted by atomic mass is 10.1. The van der Waals surface area contributed by atoms with E-state index in [9.17, 15) is 14.9 Å². The van der Waals surface area contributed by atoms with Crippen molar-refractivity contribution in [3.8, 4) is 0 Å². The molecule has 0 saturated heterocycles. The SMILES string of the molecule is CN(Cc1cccs1)c1ccc([N+](=O)[O-])c(C(=O)O)c1. The van der Waals surface area contributed by atoms with E-state index in [1.807, 2.05) is 29.5 Å². The summed E-state index contributed by atoms with van der Waals surface area (Å²) in [5.74, 6) is -1.30. The largest absolute Gasteiger partial charge is 0.477 e. The van der Waals surface area contributed by atoms with Crippen LogP contribution in [0.3, 0.4) is 0 Å². The summed E-state index contributed by atoms with van der Waals surface area (Å²) in [4.78, 5) is 24.2. The second-order valence-electron chi connectivity index (χ2n) is 4.20. The molecule has 0 saturated carbocycles. The Hall–Kier alpha value is -2.41. The molecule has 1 N–H and O–H groups in total. The van der Waals surface area contributed by atoms with Gasteiger partial charge in [-0.1, -0.05) is 6.07 Å². The summed E-state index contributed by atoms with van der Waals surface area (Å²) in [5.41, 5.74) is -0.0716. The van der Waals surface area contributed by atoms with Gasteiger partial charge in [0, 0.05) is 23.7 Å². The molecule has 104 valence electrons. The van der Waals surface area contributed by atoms with Crippen LogP contribution in [0.4, 0.5) is 11.4 Å². The van der Waals surface area contributed by atoms with Crippen molar-refractivity contribution in [2.75, 3.05) is 11.9 Å². The summed E-state index contributed by atoms with van der Waals surface area (Å²) in [6.45, 7) is 0.620. The molecule has 0 aliphatic heterocycles. The van der Waals surface area contributed by atoms with E-state index in [0.29, 0.717) is 12.2 Å². The van der Waals surface area contributed by atoms with E-state index in [4.69, 9.17) is 5.11 Å². The lowest BCUT2D eigenvalue weighted by Gasteiger charge is -2.18. The van der Waals surface area contributed by atoms with Crippen molar-refractivity contribution in [2.45, 2.75) is 6.54 Å². The van der Waals surface area contributed by atoms with Crippen LogP contribution in [0.25, 0.3) is 0 Å². The molecule has 2 aromatic rings. The lowest BCUT2D eigenvalue weighted by molar-refractivity contribution is -0.385. The highest BCUT2D eigenvalue weighted by Gasteiger charge is 2.20. The molecule has 7 heteroatoms. The van der Waals surface area contributed by atoms with Crippen molar-refractivity contribution in [2.24, 2.45) is 0 Å². The number of hydrogen-bond acceptors (Lipinski definition) is 5. The van der Waals surface area contributed by atoms with Crippen LogP contribution in [0, 0.1) is 10.1 Å². The van der Waals surface area contributed by atoms with Gasteiger partial charge in [0.2, 0.25) is 0 Å². The first-order valence-corrected chi connectivity index (χ1v) is 6.62. The number of hydrogen-bond donors (Lipinski definition) is 1. The maximum atomic E-state index is 11.1. The molecule has 1 aromatic heterocycles. The van der Waals surface area contributed by atoms with E-state index in [1.54, 1.807) is 17.4 Å². The van der Waals surface area contributed by atoms with Crippen molar-refractivity contribution in [1.29, 1.82) is 0 Å². The molecule has 0 amide bonds. The zero-order valence-corrected chi connectivity index (χ0v) is 11.5. The smallest absolute Gasteiger partial charge is 0.342 e. The van der Waals surface area contributed by atoms with Gasteiger partial charge >= 0.3 is 5.97 Å². The molecule has 0 radical (unpaired) electrons. The molecule has 0 spiro atoms. The molecule has 0 aliphatic carbocycles. The minimum absolute atomic E-state index is 0.300. The number of nitro benzene ring substituents is 1. The molecular weight excluding hydrogens is 280 g/mol. The first-order valence-electron chi connectivity index (χ1n) is 5.74. The number of carboxylic acids is 1. The number of thiophene rings is 1. The van der Waals surface area contributed by atoms with Gasteiger partial charge in [-0.3, -0.25) is 10.1 Å². The molecular formula is C13H12N2O4S. The number of carboxylic acid groups (broad SMARTS) is 1. The molecule has 2 rings (SSSR count). The summed E-state index contributed by atoms with van der Waals surface area (Å²) in [5, 5.41) is 21.8. The van der Waals surface area contributed by atoms with Crippen molar-refractivity contribution in [3.05, 3.63) is 56.3 Å². The van der Waals surface area contributed by atoms with Crippen LogP contribution in [0.2, 0.25) is 0 Å². The van der Waals surface area contributed by atoms with Gasteiger partial charge in [-0.05, 0) is 23.6 Å². The second kappa shape index (κ2) is 5.70. The number of nitrogens with zero attached hydrogens (tertiary/aromatic N) is 2. The van der Waals surface area contributed by atoms with Crippen molar-refractivity contribution < 1.29 is 14.8 Å². The average Bonchev–Trinajstić information content (AvgIpc) is 2.90. The Balaban J connectivity index is 2.31. The number of benzene rings is 1. The third-order valence-electron chi connectivity index (χ3n) is 2.82. The molecule has 0 fully saturated rings. The fraction of sp³-hybridized carbons (Fsp3) is 0.154. The molecule has 1 heterocycles. The fourth-order valence-electron chi connectivity index (χ4n) is 1.82. The maximum absolute atomic E-state index is 11.1. The van der Waals surface area contributed by atoms with Crippen LogP contribution in [0.5, 0.6) is 0 Å². The fourth-order valence-corrected chi connectivity index (χ4v) is 2.58. The Labute approximate surface area is 119 Å². The third kappa shape index (κ3) is 2.94. The van der Waals surface area contributed by atoms with E-state index >= 15 is 0 Å². The van der Waals surface area contributed by atoms with Gasteiger partial charge in [0.05, 0.1) is 11.5 Å². The summed E-state index contributed by atoms with van der Waals surface area (Å²) in [6, 6.07) is 8.02. The van der Waals surface area contributed by atoms with Gasteiger partial charge in [-0.25, -0.2) is 4.79 Å². The average molecular weight is 292 g/mol. The maximum Gasteiger partial charge on any atom is 0.342 e. The highest BCUT2D eigenvalue weighted by molar-refractivity contribution is 7.09. The van der Waals surface area contributed by atoms with Crippen LogP contribution < -0.4 is 4.90 Å². The topological polar surface area (TPSA) is 83.7 Å². The highest BCUT2D eigenvalue weighted by Crippen LogP contribution is 2.26. The minimum atomic E-state index is -1.30. The van der Waals surface area contributed by atoms with E-state index < -0.39 is 16.6 Å². The van der Waals surface area contributed by atoms with Crippen LogP contribution >= 0.6 is 11.3 Å². The Kier molecular flexibility index (Phi) is 3.99. The Morgan fingerprint density at radius 3 is 2.75 bits per heavy atom. The number of aromatic carboxylic acids is 1. The van der Waals surface area contributed by atoms with Crippen LogP contribution in [-0.2, 0) is 6.54 Å². The lowest BCUT2D eigenvalue weighted by Crippen LogP contribution is -2.16. The quantitative estimate of drug-likeness (QED) is 0.676. The Bertz CT molecular complexity index is 640. The summed E-state index contributed by atoms with van der Waals surface area (Å²) in [6.07, 6.45) is 0. The molecule has 6 nitrogen and oxygen atoms in total. The molecule has 20 heavy (non-hydrogen) atoms. The molecule has 0 atom stereocenters.